The van der Waals surface area contributed by atoms with Crippen molar-refractivity contribution in [1.29, 1.82) is 0 Å². The molecule has 96 valence electrons. The molecule has 5 nitrogen and oxygen atoms in total. The van der Waals surface area contributed by atoms with Crippen LogP contribution < -0.4 is 11.1 Å². The maximum absolute atomic E-state index is 12.3. The minimum absolute atomic E-state index is 0.0303. The van der Waals surface area contributed by atoms with Gasteiger partial charge in [0.15, 0.2) is 0 Å². The fourth-order valence-electron chi connectivity index (χ4n) is 1.14. The summed E-state index contributed by atoms with van der Waals surface area (Å²) in [6.45, 7) is 0.454. The Kier molecular flexibility index (Phi) is 4.50. The summed E-state index contributed by atoms with van der Waals surface area (Å²) < 4.78 is 37.0. The lowest BCUT2D eigenvalue weighted by Crippen LogP contribution is -2.15. The van der Waals surface area contributed by atoms with E-state index in [4.69, 9.17) is 10.8 Å². The molecule has 0 saturated heterocycles. The quantitative estimate of drug-likeness (QED) is 0.685. The van der Waals surface area contributed by atoms with Gasteiger partial charge in [-0.05, 0) is 12.8 Å². The van der Waals surface area contributed by atoms with E-state index >= 15 is 0 Å². The highest BCUT2D eigenvalue weighted by molar-refractivity contribution is 5.44. The molecule has 1 aromatic rings. The van der Waals surface area contributed by atoms with Crippen molar-refractivity contribution in [3.8, 4) is 0 Å². The van der Waals surface area contributed by atoms with E-state index in [-0.39, 0.29) is 18.2 Å². The van der Waals surface area contributed by atoms with Crippen molar-refractivity contribution in [2.75, 3.05) is 24.2 Å². The fourth-order valence-corrected chi connectivity index (χ4v) is 1.14. The largest absolute Gasteiger partial charge is 0.451 e. The second kappa shape index (κ2) is 5.67. The summed E-state index contributed by atoms with van der Waals surface area (Å²) in [5, 5.41) is 11.2. The SMILES string of the molecule is Nc1cc(NCCCCO)nc(C(F)(F)F)n1. The average Bonchev–Trinajstić information content (AvgIpc) is 2.22. The predicted molar refractivity (Wildman–Crippen MR) is 56.3 cm³/mol. The molecule has 4 N–H and O–H groups in total. The Morgan fingerprint density at radius 1 is 1.29 bits per heavy atom. The topological polar surface area (TPSA) is 84.1 Å². The molecule has 0 atom stereocenters. The number of nitrogens with one attached hydrogen (secondary N) is 1. The molecule has 1 heterocycles. The molecule has 0 bridgehead atoms. The summed E-state index contributed by atoms with van der Waals surface area (Å²) in [5.74, 6) is -1.47. The number of unbranched alkanes of at least 4 members (excludes halogenated alkanes) is 1. The maximum atomic E-state index is 12.3. The van der Waals surface area contributed by atoms with Gasteiger partial charge in [0, 0.05) is 19.2 Å². The zero-order valence-corrected chi connectivity index (χ0v) is 8.96. The summed E-state index contributed by atoms with van der Waals surface area (Å²) in [4.78, 5) is 6.42. The van der Waals surface area contributed by atoms with Gasteiger partial charge in [0.2, 0.25) is 5.82 Å². The lowest BCUT2D eigenvalue weighted by atomic mass is 10.3. The summed E-state index contributed by atoms with van der Waals surface area (Å²) in [7, 11) is 0. The van der Waals surface area contributed by atoms with Crippen LogP contribution in [0.2, 0.25) is 0 Å². The highest BCUT2D eigenvalue weighted by Crippen LogP contribution is 2.27. The van der Waals surface area contributed by atoms with E-state index in [1.165, 1.54) is 6.07 Å². The van der Waals surface area contributed by atoms with Gasteiger partial charge in [0.1, 0.15) is 11.6 Å². The first-order valence-corrected chi connectivity index (χ1v) is 5.00. The molecule has 0 saturated carbocycles. The van der Waals surface area contributed by atoms with Gasteiger partial charge in [-0.15, -0.1) is 0 Å². The van der Waals surface area contributed by atoms with Crippen LogP contribution in [0.1, 0.15) is 18.7 Å². The third-order valence-corrected chi connectivity index (χ3v) is 1.89. The number of aromatic nitrogens is 2. The van der Waals surface area contributed by atoms with Gasteiger partial charge in [-0.2, -0.15) is 13.2 Å². The van der Waals surface area contributed by atoms with E-state index < -0.39 is 12.0 Å². The van der Waals surface area contributed by atoms with Gasteiger partial charge in [0.25, 0.3) is 0 Å². The van der Waals surface area contributed by atoms with Crippen molar-refractivity contribution in [2.45, 2.75) is 19.0 Å². The van der Waals surface area contributed by atoms with Crippen LogP contribution in [0.5, 0.6) is 0 Å². The van der Waals surface area contributed by atoms with Crippen LogP contribution in [0, 0.1) is 0 Å². The van der Waals surface area contributed by atoms with Gasteiger partial charge >= 0.3 is 6.18 Å². The molecule has 17 heavy (non-hydrogen) atoms. The fraction of sp³-hybridized carbons (Fsp3) is 0.556. The van der Waals surface area contributed by atoms with Crippen molar-refractivity contribution in [1.82, 2.24) is 9.97 Å². The Hall–Kier alpha value is -1.57. The first-order chi connectivity index (χ1) is 7.93. The number of rotatable bonds is 5. The minimum Gasteiger partial charge on any atom is -0.396 e. The average molecular weight is 250 g/mol. The van der Waals surface area contributed by atoms with Crippen LogP contribution in [-0.2, 0) is 6.18 Å². The molecule has 0 aromatic carbocycles. The molecular weight excluding hydrogens is 237 g/mol. The highest BCUT2D eigenvalue weighted by atomic mass is 19.4. The molecule has 0 unspecified atom stereocenters. The summed E-state index contributed by atoms with van der Waals surface area (Å²) in [5.41, 5.74) is 5.26. The summed E-state index contributed by atoms with van der Waals surface area (Å²) >= 11 is 0. The van der Waals surface area contributed by atoms with Crippen molar-refractivity contribution in [3.05, 3.63) is 11.9 Å². The number of hydrogen-bond donors (Lipinski definition) is 3. The number of aliphatic hydroxyl groups excluding tert-OH is 1. The molecule has 1 rings (SSSR count). The Labute approximate surface area is 95.9 Å². The van der Waals surface area contributed by atoms with Crippen LogP contribution in [0.3, 0.4) is 0 Å². The number of aliphatic hydroxyl groups is 1. The molecule has 0 aliphatic heterocycles. The smallest absolute Gasteiger partial charge is 0.396 e. The second-order valence-corrected chi connectivity index (χ2v) is 3.36. The van der Waals surface area contributed by atoms with Gasteiger partial charge in [-0.25, -0.2) is 9.97 Å². The molecular formula is C9H13F3N4O. The van der Waals surface area contributed by atoms with Crippen LogP contribution >= 0.6 is 0 Å². The van der Waals surface area contributed by atoms with Crippen LogP contribution in [0.4, 0.5) is 24.8 Å². The Balaban J connectivity index is 2.69. The summed E-state index contributed by atoms with van der Waals surface area (Å²) in [6.07, 6.45) is -3.42. The highest BCUT2D eigenvalue weighted by Gasteiger charge is 2.35. The zero-order valence-electron chi connectivity index (χ0n) is 8.96. The predicted octanol–water partition coefficient (Wildman–Crippen LogP) is 1.26. The lowest BCUT2D eigenvalue weighted by molar-refractivity contribution is -0.144. The number of halogens is 3. The third kappa shape index (κ3) is 4.43. The summed E-state index contributed by atoms with van der Waals surface area (Å²) in [6, 6.07) is 1.23. The van der Waals surface area contributed by atoms with Crippen LogP contribution in [0.15, 0.2) is 6.07 Å². The Bertz CT molecular complexity index is 370. The Morgan fingerprint density at radius 2 is 2.00 bits per heavy atom. The van der Waals surface area contributed by atoms with Gasteiger partial charge < -0.3 is 16.2 Å². The van der Waals surface area contributed by atoms with E-state index in [1.54, 1.807) is 0 Å². The van der Waals surface area contributed by atoms with Crippen molar-refractivity contribution in [3.63, 3.8) is 0 Å². The molecule has 0 fully saturated rings. The van der Waals surface area contributed by atoms with Crippen LogP contribution in [-0.4, -0.2) is 28.2 Å². The van der Waals surface area contributed by atoms with Gasteiger partial charge in [-0.3, -0.25) is 0 Å². The van der Waals surface area contributed by atoms with E-state index in [0.29, 0.717) is 19.4 Å². The lowest BCUT2D eigenvalue weighted by Gasteiger charge is -2.09. The molecule has 0 spiro atoms. The van der Waals surface area contributed by atoms with Gasteiger partial charge in [-0.1, -0.05) is 0 Å². The number of nitrogens with zero attached hydrogens (tertiary/aromatic N) is 2. The molecule has 0 amide bonds. The molecule has 0 radical (unpaired) electrons. The van der Waals surface area contributed by atoms with Gasteiger partial charge in [0.05, 0.1) is 0 Å². The van der Waals surface area contributed by atoms with E-state index in [1.807, 2.05) is 0 Å². The van der Waals surface area contributed by atoms with E-state index in [0.717, 1.165) is 0 Å². The zero-order chi connectivity index (χ0) is 12.9. The molecule has 0 aliphatic rings. The number of nitrogen functional groups attached to an aromatic ring is 1. The third-order valence-electron chi connectivity index (χ3n) is 1.89. The molecule has 0 aliphatic carbocycles. The normalized spacial score (nSPS) is 11.5. The first kappa shape index (κ1) is 13.5. The second-order valence-electron chi connectivity index (χ2n) is 3.36. The van der Waals surface area contributed by atoms with Crippen molar-refractivity contribution >= 4 is 11.6 Å². The number of alkyl halides is 3. The maximum Gasteiger partial charge on any atom is 0.451 e. The van der Waals surface area contributed by atoms with Crippen molar-refractivity contribution in [2.24, 2.45) is 0 Å². The number of anilines is 2. The van der Waals surface area contributed by atoms with Crippen LogP contribution in [0.25, 0.3) is 0 Å². The monoisotopic (exact) mass is 250 g/mol. The minimum atomic E-state index is -4.61. The standard InChI is InChI=1S/C9H13F3N4O/c10-9(11,12)8-15-6(13)5-7(16-8)14-3-1-2-4-17/h5,17H,1-4H2,(H3,13,14,15,16). The number of nitrogens with two attached hydrogens (primary N) is 1. The Morgan fingerprint density at radius 3 is 2.59 bits per heavy atom. The first-order valence-electron chi connectivity index (χ1n) is 5.00. The van der Waals surface area contributed by atoms with E-state index in [2.05, 4.69) is 15.3 Å². The molecule has 1 aromatic heterocycles. The molecule has 8 heteroatoms. The van der Waals surface area contributed by atoms with E-state index in [9.17, 15) is 13.2 Å². The van der Waals surface area contributed by atoms with Crippen molar-refractivity contribution < 1.29 is 18.3 Å². The number of hydrogen-bond acceptors (Lipinski definition) is 5.